The minimum absolute atomic E-state index is 0.935. The Hall–Kier alpha value is -1.74. The standard InChI is InChI=1S/C16H18N2S/c1-18(2)16(17-15-11-7-4-8-12-15)19-13-14-9-5-3-6-10-14/h3-12H,13H2,1-2H3. The molecule has 0 aliphatic rings. The second-order valence-electron chi connectivity index (χ2n) is 4.40. The lowest BCUT2D eigenvalue weighted by atomic mass is 10.2. The van der Waals surface area contributed by atoms with E-state index in [4.69, 9.17) is 0 Å². The Balaban J connectivity index is 2.07. The van der Waals surface area contributed by atoms with Gasteiger partial charge in [-0.05, 0) is 17.7 Å². The van der Waals surface area contributed by atoms with Gasteiger partial charge in [-0.3, -0.25) is 0 Å². The maximum Gasteiger partial charge on any atom is 0.164 e. The van der Waals surface area contributed by atoms with Crippen LogP contribution in [-0.2, 0) is 5.75 Å². The first-order chi connectivity index (χ1) is 9.25. The van der Waals surface area contributed by atoms with Crippen molar-refractivity contribution in [3.05, 3.63) is 66.2 Å². The fraction of sp³-hybridized carbons (Fsp3) is 0.188. The van der Waals surface area contributed by atoms with Crippen LogP contribution in [0.4, 0.5) is 5.69 Å². The molecule has 2 rings (SSSR count). The van der Waals surface area contributed by atoms with E-state index in [0.29, 0.717) is 0 Å². The third-order valence-corrected chi connectivity index (χ3v) is 3.77. The second kappa shape index (κ2) is 7.00. The predicted molar refractivity (Wildman–Crippen MR) is 85.0 cm³/mol. The van der Waals surface area contributed by atoms with Gasteiger partial charge in [0.2, 0.25) is 0 Å². The molecule has 0 saturated carbocycles. The van der Waals surface area contributed by atoms with E-state index < -0.39 is 0 Å². The summed E-state index contributed by atoms with van der Waals surface area (Å²) in [6.45, 7) is 0. The molecule has 19 heavy (non-hydrogen) atoms. The third-order valence-electron chi connectivity index (χ3n) is 2.57. The SMILES string of the molecule is CN(C)C(=Nc1ccccc1)SCc1ccccc1. The molecule has 2 aromatic carbocycles. The summed E-state index contributed by atoms with van der Waals surface area (Å²) < 4.78 is 0. The van der Waals surface area contributed by atoms with Crippen LogP contribution < -0.4 is 0 Å². The molecule has 3 heteroatoms. The van der Waals surface area contributed by atoms with E-state index in [0.717, 1.165) is 16.6 Å². The zero-order valence-electron chi connectivity index (χ0n) is 11.3. The Morgan fingerprint density at radius 3 is 2.11 bits per heavy atom. The van der Waals surface area contributed by atoms with Crippen LogP contribution in [0, 0.1) is 0 Å². The summed E-state index contributed by atoms with van der Waals surface area (Å²) in [5, 5.41) is 1.02. The molecule has 0 unspecified atom stereocenters. The van der Waals surface area contributed by atoms with Crippen molar-refractivity contribution in [1.82, 2.24) is 4.90 Å². The molecule has 0 radical (unpaired) electrons. The quantitative estimate of drug-likeness (QED) is 0.614. The fourth-order valence-corrected chi connectivity index (χ4v) is 2.51. The smallest absolute Gasteiger partial charge is 0.164 e. The molecule has 0 aromatic heterocycles. The molecule has 2 aromatic rings. The maximum atomic E-state index is 4.68. The zero-order chi connectivity index (χ0) is 13.5. The number of nitrogens with zero attached hydrogens (tertiary/aromatic N) is 2. The van der Waals surface area contributed by atoms with Gasteiger partial charge in [0.25, 0.3) is 0 Å². The predicted octanol–water partition coefficient (Wildman–Crippen LogP) is 4.17. The zero-order valence-corrected chi connectivity index (χ0v) is 12.1. The van der Waals surface area contributed by atoms with Crippen molar-refractivity contribution in [2.75, 3.05) is 14.1 Å². The Morgan fingerprint density at radius 1 is 0.947 bits per heavy atom. The number of benzene rings is 2. The molecule has 2 nitrogen and oxygen atoms in total. The van der Waals surface area contributed by atoms with Crippen molar-refractivity contribution in [2.45, 2.75) is 5.75 Å². The van der Waals surface area contributed by atoms with Gasteiger partial charge >= 0.3 is 0 Å². The minimum atomic E-state index is 0.935. The molecule has 0 heterocycles. The molecule has 0 N–H and O–H groups in total. The summed E-state index contributed by atoms with van der Waals surface area (Å²) in [6, 6.07) is 20.5. The van der Waals surface area contributed by atoms with Gasteiger partial charge in [0.15, 0.2) is 5.17 Å². The summed E-state index contributed by atoms with van der Waals surface area (Å²) in [5.74, 6) is 0.935. The number of hydrogen-bond acceptors (Lipinski definition) is 2. The van der Waals surface area contributed by atoms with Gasteiger partial charge < -0.3 is 4.90 Å². The van der Waals surface area contributed by atoms with Gasteiger partial charge in [-0.25, -0.2) is 4.99 Å². The third kappa shape index (κ3) is 4.45. The van der Waals surface area contributed by atoms with Gasteiger partial charge in [0.05, 0.1) is 5.69 Å². The summed E-state index contributed by atoms with van der Waals surface area (Å²) in [5.41, 5.74) is 2.31. The van der Waals surface area contributed by atoms with E-state index in [9.17, 15) is 0 Å². The van der Waals surface area contributed by atoms with Crippen LogP contribution >= 0.6 is 11.8 Å². The molecule has 0 fully saturated rings. The Labute approximate surface area is 119 Å². The van der Waals surface area contributed by atoms with Crippen LogP contribution in [-0.4, -0.2) is 24.2 Å². The van der Waals surface area contributed by atoms with Crippen LogP contribution in [0.2, 0.25) is 0 Å². The molecule has 0 saturated heterocycles. The monoisotopic (exact) mass is 270 g/mol. The molecule has 0 bridgehead atoms. The van der Waals surface area contributed by atoms with Gasteiger partial charge in [0.1, 0.15) is 0 Å². The number of para-hydroxylation sites is 1. The number of amidine groups is 1. The second-order valence-corrected chi connectivity index (χ2v) is 5.34. The van der Waals surface area contributed by atoms with Crippen molar-refractivity contribution >= 4 is 22.6 Å². The molecular weight excluding hydrogens is 252 g/mol. The largest absolute Gasteiger partial charge is 0.357 e. The summed E-state index contributed by atoms with van der Waals surface area (Å²) in [4.78, 5) is 6.73. The topological polar surface area (TPSA) is 15.6 Å². The Bertz CT molecular complexity index is 521. The van der Waals surface area contributed by atoms with Crippen molar-refractivity contribution < 1.29 is 0 Å². The van der Waals surface area contributed by atoms with E-state index >= 15 is 0 Å². The molecule has 0 aliphatic carbocycles. The first-order valence-corrected chi connectivity index (χ1v) is 7.22. The van der Waals surface area contributed by atoms with Gasteiger partial charge in [0, 0.05) is 19.8 Å². The van der Waals surface area contributed by atoms with E-state index in [-0.39, 0.29) is 0 Å². The van der Waals surface area contributed by atoms with Crippen molar-refractivity contribution in [3.8, 4) is 0 Å². The van der Waals surface area contributed by atoms with Crippen molar-refractivity contribution in [1.29, 1.82) is 0 Å². The molecule has 0 aliphatic heterocycles. The lowest BCUT2D eigenvalue weighted by Gasteiger charge is -2.15. The van der Waals surface area contributed by atoms with Crippen LogP contribution in [0.5, 0.6) is 0 Å². The highest BCUT2D eigenvalue weighted by molar-refractivity contribution is 8.13. The van der Waals surface area contributed by atoms with E-state index in [1.165, 1.54) is 5.56 Å². The average molecular weight is 270 g/mol. The fourth-order valence-electron chi connectivity index (χ4n) is 1.60. The number of aliphatic imine (C=N–C) groups is 1. The maximum absolute atomic E-state index is 4.68. The molecule has 0 atom stereocenters. The highest BCUT2D eigenvalue weighted by atomic mass is 32.2. The average Bonchev–Trinajstić information content (AvgIpc) is 2.45. The van der Waals surface area contributed by atoms with Gasteiger partial charge in [-0.15, -0.1) is 0 Å². The lowest BCUT2D eigenvalue weighted by molar-refractivity contribution is 0.636. The van der Waals surface area contributed by atoms with Crippen LogP contribution in [0.25, 0.3) is 0 Å². The molecule has 0 spiro atoms. The van der Waals surface area contributed by atoms with E-state index in [2.05, 4.69) is 34.2 Å². The lowest BCUT2D eigenvalue weighted by Crippen LogP contribution is -2.18. The number of thioether (sulfide) groups is 1. The first kappa shape index (κ1) is 13.7. The number of hydrogen-bond donors (Lipinski definition) is 0. The van der Waals surface area contributed by atoms with E-state index in [1.54, 1.807) is 11.8 Å². The Morgan fingerprint density at radius 2 is 1.53 bits per heavy atom. The first-order valence-electron chi connectivity index (χ1n) is 6.23. The minimum Gasteiger partial charge on any atom is -0.357 e. The van der Waals surface area contributed by atoms with Gasteiger partial charge in [-0.2, -0.15) is 0 Å². The van der Waals surface area contributed by atoms with Crippen LogP contribution in [0.1, 0.15) is 5.56 Å². The molecule has 98 valence electrons. The van der Waals surface area contributed by atoms with E-state index in [1.807, 2.05) is 50.5 Å². The normalized spacial score (nSPS) is 11.4. The highest BCUT2D eigenvalue weighted by Crippen LogP contribution is 2.19. The molecule has 0 amide bonds. The Kier molecular flexibility index (Phi) is 5.04. The van der Waals surface area contributed by atoms with Crippen molar-refractivity contribution in [3.63, 3.8) is 0 Å². The highest BCUT2D eigenvalue weighted by Gasteiger charge is 2.04. The van der Waals surface area contributed by atoms with Crippen LogP contribution in [0.3, 0.4) is 0 Å². The summed E-state index contributed by atoms with van der Waals surface area (Å²) in [7, 11) is 4.06. The number of rotatable bonds is 3. The summed E-state index contributed by atoms with van der Waals surface area (Å²) >= 11 is 1.75. The summed E-state index contributed by atoms with van der Waals surface area (Å²) in [6.07, 6.45) is 0. The van der Waals surface area contributed by atoms with Crippen molar-refractivity contribution in [2.24, 2.45) is 4.99 Å². The van der Waals surface area contributed by atoms with Gasteiger partial charge in [-0.1, -0.05) is 60.3 Å². The van der Waals surface area contributed by atoms with Crippen LogP contribution in [0.15, 0.2) is 65.7 Å². The molecular formula is C16H18N2S.